The molecule has 0 aliphatic carbocycles. The number of benzene rings is 1. The standard InChI is InChI=1S/C18H16O7/c1-10-7-13(20)16(18(21)25-10)12(19)4-3-11-8-14(22-2)17-15(9-11)23-5-6-24-17/h3-4,7-9,16H,5-6H2,1-2H3/b4-3+. The van der Waals surface area contributed by atoms with Crippen LogP contribution in [-0.4, -0.2) is 37.9 Å². The molecule has 0 saturated heterocycles. The minimum atomic E-state index is -1.46. The van der Waals surface area contributed by atoms with E-state index in [2.05, 4.69) is 0 Å². The number of allylic oxidation sites excluding steroid dienone is 3. The first-order valence-corrected chi connectivity index (χ1v) is 7.63. The molecule has 0 bridgehead atoms. The molecule has 7 nitrogen and oxygen atoms in total. The Kier molecular flexibility index (Phi) is 4.56. The van der Waals surface area contributed by atoms with Crippen molar-refractivity contribution in [1.29, 1.82) is 0 Å². The number of methoxy groups -OCH3 is 1. The summed E-state index contributed by atoms with van der Waals surface area (Å²) in [6.07, 6.45) is 3.79. The molecule has 2 aliphatic rings. The number of ether oxygens (including phenoxy) is 4. The molecule has 0 radical (unpaired) electrons. The third-order valence-electron chi connectivity index (χ3n) is 3.70. The van der Waals surface area contributed by atoms with E-state index in [1.54, 1.807) is 12.1 Å². The summed E-state index contributed by atoms with van der Waals surface area (Å²) in [6.45, 7) is 2.32. The number of hydrogen-bond donors (Lipinski definition) is 0. The summed E-state index contributed by atoms with van der Waals surface area (Å²) in [4.78, 5) is 35.9. The first kappa shape index (κ1) is 16.8. The van der Waals surface area contributed by atoms with E-state index in [9.17, 15) is 14.4 Å². The molecular weight excluding hydrogens is 328 g/mol. The molecule has 0 saturated carbocycles. The highest BCUT2D eigenvalue weighted by atomic mass is 16.6. The Morgan fingerprint density at radius 2 is 2.00 bits per heavy atom. The van der Waals surface area contributed by atoms with Gasteiger partial charge >= 0.3 is 5.97 Å². The van der Waals surface area contributed by atoms with Crippen molar-refractivity contribution in [2.75, 3.05) is 20.3 Å². The van der Waals surface area contributed by atoms with Crippen LogP contribution in [0, 0.1) is 5.92 Å². The van der Waals surface area contributed by atoms with Gasteiger partial charge in [-0.3, -0.25) is 14.4 Å². The number of carbonyl (C=O) groups is 3. The second-order valence-corrected chi connectivity index (χ2v) is 5.49. The van der Waals surface area contributed by atoms with E-state index < -0.39 is 23.5 Å². The van der Waals surface area contributed by atoms with Gasteiger partial charge in [-0.25, -0.2) is 0 Å². The molecular formula is C18H16O7. The van der Waals surface area contributed by atoms with Gasteiger partial charge in [0.2, 0.25) is 5.75 Å². The molecule has 130 valence electrons. The fraction of sp³-hybridized carbons (Fsp3) is 0.278. The summed E-state index contributed by atoms with van der Waals surface area (Å²) in [7, 11) is 1.50. The Bertz CT molecular complexity index is 787. The third kappa shape index (κ3) is 3.40. The van der Waals surface area contributed by atoms with Gasteiger partial charge in [0.15, 0.2) is 29.0 Å². The van der Waals surface area contributed by atoms with Gasteiger partial charge in [0.05, 0.1) is 7.11 Å². The van der Waals surface area contributed by atoms with Crippen LogP contribution in [0.2, 0.25) is 0 Å². The number of ketones is 2. The van der Waals surface area contributed by atoms with Crippen LogP contribution in [0.4, 0.5) is 0 Å². The molecule has 0 aromatic heterocycles. The fourth-order valence-corrected chi connectivity index (χ4v) is 2.57. The monoisotopic (exact) mass is 344 g/mol. The maximum Gasteiger partial charge on any atom is 0.329 e. The number of carbonyl (C=O) groups excluding carboxylic acids is 3. The minimum absolute atomic E-state index is 0.180. The van der Waals surface area contributed by atoms with Crippen molar-refractivity contribution in [2.24, 2.45) is 5.92 Å². The zero-order valence-corrected chi connectivity index (χ0v) is 13.7. The summed E-state index contributed by atoms with van der Waals surface area (Å²) in [5.41, 5.74) is 0.609. The predicted molar refractivity (Wildman–Crippen MR) is 86.4 cm³/mol. The van der Waals surface area contributed by atoms with Crippen LogP contribution in [0.1, 0.15) is 12.5 Å². The van der Waals surface area contributed by atoms with E-state index in [1.165, 1.54) is 26.2 Å². The van der Waals surface area contributed by atoms with Gasteiger partial charge in [0.25, 0.3) is 0 Å². The quantitative estimate of drug-likeness (QED) is 0.466. The van der Waals surface area contributed by atoms with Crippen molar-refractivity contribution in [1.82, 2.24) is 0 Å². The second-order valence-electron chi connectivity index (χ2n) is 5.49. The number of fused-ring (bicyclic) bond motifs is 1. The summed E-state index contributed by atoms with van der Waals surface area (Å²) in [5.74, 6) is -1.89. The highest BCUT2D eigenvalue weighted by Gasteiger charge is 2.36. The lowest BCUT2D eigenvalue weighted by Crippen LogP contribution is -2.34. The summed E-state index contributed by atoms with van der Waals surface area (Å²) >= 11 is 0. The zero-order chi connectivity index (χ0) is 18.0. The van der Waals surface area contributed by atoms with Crippen LogP contribution in [0.15, 0.2) is 30.0 Å². The average molecular weight is 344 g/mol. The van der Waals surface area contributed by atoms with Crippen LogP contribution in [-0.2, 0) is 19.1 Å². The molecule has 0 N–H and O–H groups in total. The van der Waals surface area contributed by atoms with Crippen LogP contribution in [0.3, 0.4) is 0 Å². The first-order valence-electron chi connectivity index (χ1n) is 7.63. The van der Waals surface area contributed by atoms with E-state index in [4.69, 9.17) is 18.9 Å². The van der Waals surface area contributed by atoms with Gasteiger partial charge in [-0.2, -0.15) is 0 Å². The Morgan fingerprint density at radius 3 is 2.72 bits per heavy atom. The lowest BCUT2D eigenvalue weighted by atomic mass is 9.96. The van der Waals surface area contributed by atoms with Gasteiger partial charge in [-0.05, 0) is 30.7 Å². The lowest BCUT2D eigenvalue weighted by molar-refractivity contribution is -0.151. The normalized spacial score (nSPS) is 19.4. The Balaban J connectivity index is 1.83. The summed E-state index contributed by atoms with van der Waals surface area (Å²) < 4.78 is 21.1. The SMILES string of the molecule is COc1cc(/C=C/C(=O)C2C(=O)C=C(C)OC2=O)cc2c1OCCO2. The molecule has 1 aromatic rings. The van der Waals surface area contributed by atoms with Crippen LogP contribution in [0.5, 0.6) is 17.2 Å². The molecule has 3 rings (SSSR count). The van der Waals surface area contributed by atoms with Crippen molar-refractivity contribution in [3.8, 4) is 17.2 Å². The van der Waals surface area contributed by atoms with Crippen molar-refractivity contribution in [2.45, 2.75) is 6.92 Å². The van der Waals surface area contributed by atoms with Crippen molar-refractivity contribution in [3.05, 3.63) is 35.6 Å². The summed E-state index contributed by atoms with van der Waals surface area (Å²) in [6, 6.07) is 3.36. The summed E-state index contributed by atoms with van der Waals surface area (Å²) in [5, 5.41) is 0. The van der Waals surface area contributed by atoms with Crippen molar-refractivity contribution < 1.29 is 33.3 Å². The molecule has 2 aliphatic heterocycles. The highest BCUT2D eigenvalue weighted by Crippen LogP contribution is 2.40. The Hall–Kier alpha value is -3.09. The number of cyclic esters (lactones) is 1. The Labute approximate surface area is 143 Å². The zero-order valence-electron chi connectivity index (χ0n) is 13.7. The van der Waals surface area contributed by atoms with Crippen LogP contribution in [0.25, 0.3) is 6.08 Å². The van der Waals surface area contributed by atoms with E-state index in [-0.39, 0.29) is 5.76 Å². The van der Waals surface area contributed by atoms with E-state index >= 15 is 0 Å². The second kappa shape index (κ2) is 6.80. The molecule has 2 heterocycles. The maximum absolute atomic E-state index is 12.2. The fourth-order valence-electron chi connectivity index (χ4n) is 2.57. The van der Waals surface area contributed by atoms with Gasteiger partial charge in [-0.15, -0.1) is 0 Å². The van der Waals surface area contributed by atoms with Gasteiger partial charge in [-0.1, -0.05) is 6.08 Å². The number of rotatable bonds is 4. The van der Waals surface area contributed by atoms with E-state index in [1.807, 2.05) is 0 Å². The largest absolute Gasteiger partial charge is 0.493 e. The minimum Gasteiger partial charge on any atom is -0.493 e. The molecule has 25 heavy (non-hydrogen) atoms. The van der Waals surface area contributed by atoms with Gasteiger partial charge < -0.3 is 18.9 Å². The van der Waals surface area contributed by atoms with Crippen molar-refractivity contribution >= 4 is 23.6 Å². The lowest BCUT2D eigenvalue weighted by Gasteiger charge is -2.21. The smallest absolute Gasteiger partial charge is 0.329 e. The van der Waals surface area contributed by atoms with Crippen molar-refractivity contribution in [3.63, 3.8) is 0 Å². The number of esters is 1. The molecule has 0 amide bonds. The Morgan fingerprint density at radius 1 is 1.24 bits per heavy atom. The highest BCUT2D eigenvalue weighted by molar-refractivity contribution is 6.25. The topological polar surface area (TPSA) is 88.1 Å². The maximum atomic E-state index is 12.2. The van der Waals surface area contributed by atoms with E-state index in [0.717, 1.165) is 6.08 Å². The molecule has 1 aromatic carbocycles. The number of hydrogen-bond acceptors (Lipinski definition) is 7. The predicted octanol–water partition coefficient (Wildman–Crippen LogP) is 1.69. The third-order valence-corrected chi connectivity index (χ3v) is 3.70. The van der Waals surface area contributed by atoms with Crippen LogP contribution >= 0.6 is 0 Å². The molecule has 1 atom stereocenters. The van der Waals surface area contributed by atoms with Crippen LogP contribution < -0.4 is 14.2 Å². The van der Waals surface area contributed by atoms with Gasteiger partial charge in [0, 0.05) is 6.08 Å². The average Bonchev–Trinajstić information content (AvgIpc) is 2.58. The van der Waals surface area contributed by atoms with E-state index in [0.29, 0.717) is 36.0 Å². The molecule has 0 fully saturated rings. The first-order chi connectivity index (χ1) is 12.0. The van der Waals surface area contributed by atoms with Gasteiger partial charge in [0.1, 0.15) is 19.0 Å². The molecule has 0 spiro atoms. The molecule has 7 heteroatoms. The molecule has 1 unspecified atom stereocenters.